The fourth-order valence-corrected chi connectivity index (χ4v) is 4.81. The number of aromatic nitrogens is 2. The average Bonchev–Trinajstić information content (AvgIpc) is 3.32. The molecule has 5 heteroatoms. The van der Waals surface area contributed by atoms with Crippen LogP contribution in [-0.2, 0) is 26.2 Å². The molecule has 1 aromatic heterocycles. The summed E-state index contributed by atoms with van der Waals surface area (Å²) >= 11 is 0. The van der Waals surface area contributed by atoms with E-state index in [4.69, 9.17) is 14.5 Å². The Bertz CT molecular complexity index is 1240. The van der Waals surface area contributed by atoms with Crippen LogP contribution in [0.1, 0.15) is 43.0 Å². The predicted molar refractivity (Wildman–Crippen MR) is 144 cm³/mol. The molecule has 0 aliphatic carbocycles. The summed E-state index contributed by atoms with van der Waals surface area (Å²) < 4.78 is 14.0. The van der Waals surface area contributed by atoms with Gasteiger partial charge in [-0.25, -0.2) is 4.98 Å². The zero-order valence-electron chi connectivity index (χ0n) is 21.1. The van der Waals surface area contributed by atoms with Crippen molar-refractivity contribution in [3.8, 4) is 22.9 Å². The van der Waals surface area contributed by atoms with Gasteiger partial charge in [-0.1, -0.05) is 86.5 Å². The van der Waals surface area contributed by atoms with E-state index in [0.717, 1.165) is 49.9 Å². The minimum absolute atomic E-state index is 0.601. The molecule has 0 atom stereocenters. The summed E-state index contributed by atoms with van der Waals surface area (Å²) in [6.45, 7) is 6.93. The second-order valence-corrected chi connectivity index (χ2v) is 9.41. The lowest BCUT2D eigenvalue weighted by Crippen LogP contribution is -2.24. The topological polar surface area (TPSA) is 39.5 Å². The lowest BCUT2D eigenvalue weighted by atomic mass is 10.1. The standard InChI is InChI=1S/C31H35N3O2/c1-2-3-10-17-34-28(21-32-31(34)27-13-8-5-9-14-27)24-33(22-25-11-6-4-7-12-25)23-26-15-16-29-30(20-26)36-19-18-35-29/h4-9,11-16,20-21H,2-3,10,17-19,22-24H2,1H3. The zero-order valence-corrected chi connectivity index (χ0v) is 21.1. The molecule has 36 heavy (non-hydrogen) atoms. The van der Waals surface area contributed by atoms with Crippen LogP contribution in [0.4, 0.5) is 0 Å². The number of ether oxygens (including phenoxy) is 2. The third kappa shape index (κ3) is 5.97. The molecule has 0 saturated carbocycles. The first kappa shape index (κ1) is 24.1. The predicted octanol–water partition coefficient (Wildman–Crippen LogP) is 6.71. The molecule has 5 nitrogen and oxygen atoms in total. The molecule has 0 radical (unpaired) electrons. The third-order valence-electron chi connectivity index (χ3n) is 6.60. The molecule has 186 valence electrons. The van der Waals surface area contributed by atoms with Crippen molar-refractivity contribution in [1.29, 1.82) is 0 Å². The maximum Gasteiger partial charge on any atom is 0.161 e. The smallest absolute Gasteiger partial charge is 0.161 e. The molecule has 0 fully saturated rings. The summed E-state index contributed by atoms with van der Waals surface area (Å²) in [7, 11) is 0. The average molecular weight is 482 g/mol. The van der Waals surface area contributed by atoms with Gasteiger partial charge in [0.25, 0.3) is 0 Å². The van der Waals surface area contributed by atoms with Crippen molar-refractivity contribution in [2.45, 2.75) is 52.4 Å². The van der Waals surface area contributed by atoms with Crippen LogP contribution in [0.3, 0.4) is 0 Å². The normalized spacial score (nSPS) is 12.7. The Kier molecular flexibility index (Phi) is 7.99. The number of fused-ring (bicyclic) bond motifs is 1. The van der Waals surface area contributed by atoms with Crippen LogP contribution < -0.4 is 9.47 Å². The van der Waals surface area contributed by atoms with E-state index in [0.29, 0.717) is 13.2 Å². The molecule has 0 unspecified atom stereocenters. The number of hydrogen-bond donors (Lipinski definition) is 0. The molecular formula is C31H35N3O2. The fourth-order valence-electron chi connectivity index (χ4n) is 4.81. The van der Waals surface area contributed by atoms with Crippen molar-refractivity contribution >= 4 is 0 Å². The Morgan fingerprint density at radius 3 is 2.28 bits per heavy atom. The maximum absolute atomic E-state index is 5.85. The van der Waals surface area contributed by atoms with E-state index in [1.54, 1.807) is 0 Å². The number of hydrogen-bond acceptors (Lipinski definition) is 4. The quantitative estimate of drug-likeness (QED) is 0.223. The number of unbranched alkanes of at least 4 members (excludes halogenated alkanes) is 2. The van der Waals surface area contributed by atoms with Gasteiger partial charge in [-0.15, -0.1) is 0 Å². The van der Waals surface area contributed by atoms with E-state index in [1.165, 1.54) is 35.2 Å². The highest BCUT2D eigenvalue weighted by Crippen LogP contribution is 2.31. The van der Waals surface area contributed by atoms with Crippen molar-refractivity contribution in [1.82, 2.24) is 14.5 Å². The van der Waals surface area contributed by atoms with Crippen molar-refractivity contribution in [3.05, 3.63) is 102 Å². The Balaban J connectivity index is 1.43. The van der Waals surface area contributed by atoms with E-state index >= 15 is 0 Å². The van der Waals surface area contributed by atoms with Gasteiger partial charge < -0.3 is 14.0 Å². The van der Waals surface area contributed by atoms with E-state index in [1.807, 2.05) is 6.07 Å². The van der Waals surface area contributed by atoms with Crippen LogP contribution >= 0.6 is 0 Å². The summed E-state index contributed by atoms with van der Waals surface area (Å²) in [5.41, 5.74) is 4.94. The van der Waals surface area contributed by atoms with Crippen LogP contribution in [0, 0.1) is 0 Å². The molecule has 3 aromatic carbocycles. The van der Waals surface area contributed by atoms with Gasteiger partial charge >= 0.3 is 0 Å². The van der Waals surface area contributed by atoms with Gasteiger partial charge in [0.15, 0.2) is 11.5 Å². The van der Waals surface area contributed by atoms with Gasteiger partial charge in [-0.3, -0.25) is 4.90 Å². The monoisotopic (exact) mass is 481 g/mol. The summed E-state index contributed by atoms with van der Waals surface area (Å²) in [5.74, 6) is 2.73. The number of benzene rings is 3. The van der Waals surface area contributed by atoms with Gasteiger partial charge in [0.1, 0.15) is 19.0 Å². The van der Waals surface area contributed by atoms with Gasteiger partial charge in [-0.2, -0.15) is 0 Å². The van der Waals surface area contributed by atoms with Crippen molar-refractivity contribution in [2.24, 2.45) is 0 Å². The van der Waals surface area contributed by atoms with E-state index in [2.05, 4.69) is 95.4 Å². The van der Waals surface area contributed by atoms with Crippen molar-refractivity contribution in [2.75, 3.05) is 13.2 Å². The number of imidazole rings is 1. The zero-order chi connectivity index (χ0) is 24.6. The van der Waals surface area contributed by atoms with Crippen LogP contribution in [0.2, 0.25) is 0 Å². The summed E-state index contributed by atoms with van der Waals surface area (Å²) in [6, 6.07) is 27.5. The van der Waals surface area contributed by atoms with Crippen molar-refractivity contribution in [3.63, 3.8) is 0 Å². The fraction of sp³-hybridized carbons (Fsp3) is 0.323. The molecule has 0 bridgehead atoms. The first-order chi connectivity index (χ1) is 17.8. The lowest BCUT2D eigenvalue weighted by molar-refractivity contribution is 0.170. The Labute approximate surface area is 214 Å². The largest absolute Gasteiger partial charge is 0.486 e. The highest BCUT2D eigenvalue weighted by molar-refractivity contribution is 5.56. The van der Waals surface area contributed by atoms with E-state index in [9.17, 15) is 0 Å². The molecule has 0 saturated heterocycles. The Hall–Kier alpha value is -3.57. The van der Waals surface area contributed by atoms with Gasteiger partial charge in [0, 0.05) is 31.7 Å². The molecule has 5 rings (SSSR count). The second-order valence-electron chi connectivity index (χ2n) is 9.41. The molecule has 0 amide bonds. The minimum Gasteiger partial charge on any atom is -0.486 e. The molecule has 1 aliphatic rings. The molecule has 0 N–H and O–H groups in total. The molecule has 0 spiro atoms. The highest BCUT2D eigenvalue weighted by atomic mass is 16.6. The van der Waals surface area contributed by atoms with Gasteiger partial charge in [-0.05, 0) is 29.7 Å². The second kappa shape index (κ2) is 11.9. The summed E-state index contributed by atoms with van der Waals surface area (Å²) in [4.78, 5) is 7.38. The van der Waals surface area contributed by atoms with Crippen LogP contribution in [0.15, 0.2) is 85.1 Å². The SMILES string of the molecule is CCCCCn1c(CN(Cc2ccccc2)Cc2ccc3c(c2)OCCO3)cnc1-c1ccccc1. The van der Waals surface area contributed by atoms with E-state index < -0.39 is 0 Å². The first-order valence-corrected chi connectivity index (χ1v) is 13.0. The molecule has 1 aliphatic heterocycles. The van der Waals surface area contributed by atoms with Crippen LogP contribution in [0.5, 0.6) is 11.5 Å². The maximum atomic E-state index is 5.85. The number of rotatable bonds is 11. The molecule has 2 heterocycles. The first-order valence-electron chi connectivity index (χ1n) is 13.0. The molecular weight excluding hydrogens is 446 g/mol. The van der Waals surface area contributed by atoms with Crippen molar-refractivity contribution < 1.29 is 9.47 Å². The summed E-state index contributed by atoms with van der Waals surface area (Å²) in [5, 5.41) is 0. The Morgan fingerprint density at radius 1 is 0.778 bits per heavy atom. The number of nitrogens with zero attached hydrogens (tertiary/aromatic N) is 3. The third-order valence-corrected chi connectivity index (χ3v) is 6.60. The van der Waals surface area contributed by atoms with Gasteiger partial charge in [0.05, 0.1) is 11.9 Å². The van der Waals surface area contributed by atoms with Gasteiger partial charge in [0.2, 0.25) is 0 Å². The lowest BCUT2D eigenvalue weighted by Gasteiger charge is -2.25. The molecule has 4 aromatic rings. The summed E-state index contributed by atoms with van der Waals surface area (Å²) in [6.07, 6.45) is 5.64. The van der Waals surface area contributed by atoms with Crippen LogP contribution in [-0.4, -0.2) is 27.7 Å². The Morgan fingerprint density at radius 2 is 1.50 bits per heavy atom. The van der Waals surface area contributed by atoms with E-state index in [-0.39, 0.29) is 0 Å². The van der Waals surface area contributed by atoms with Crippen LogP contribution in [0.25, 0.3) is 11.4 Å². The minimum atomic E-state index is 0.601. The highest BCUT2D eigenvalue weighted by Gasteiger charge is 2.18.